The molecule has 1 fully saturated rings. The fourth-order valence-electron chi connectivity index (χ4n) is 1.85. The van der Waals surface area contributed by atoms with Crippen LogP contribution in [0.4, 0.5) is 4.79 Å². The highest BCUT2D eigenvalue weighted by Crippen LogP contribution is 2.21. The van der Waals surface area contributed by atoms with Crippen LogP contribution in [-0.2, 0) is 14.3 Å². The molecule has 1 aliphatic heterocycles. The number of ether oxygens (including phenoxy) is 2. The lowest BCUT2D eigenvalue weighted by atomic mass is 10.2. The molecular weight excluding hydrogens is 284 g/mol. The molecule has 0 spiro atoms. The van der Waals surface area contributed by atoms with Gasteiger partial charge < -0.3 is 15.2 Å². The Balaban J connectivity index is 0. The predicted octanol–water partition coefficient (Wildman–Crippen LogP) is 2.94. The van der Waals surface area contributed by atoms with Crippen LogP contribution in [0, 0.1) is 0 Å². The normalized spacial score (nSPS) is 20.1. The SMILES string of the molecule is CC.CC.CCOC(=O)C1CC(N)CN1C(=O)OC(C)(C)C. The van der Waals surface area contributed by atoms with Crippen molar-refractivity contribution in [1.82, 2.24) is 4.90 Å². The van der Waals surface area contributed by atoms with Crippen LogP contribution in [0.5, 0.6) is 0 Å². The van der Waals surface area contributed by atoms with Crippen LogP contribution in [0.1, 0.15) is 61.8 Å². The van der Waals surface area contributed by atoms with Crippen molar-refractivity contribution in [2.75, 3.05) is 13.2 Å². The van der Waals surface area contributed by atoms with E-state index in [4.69, 9.17) is 15.2 Å². The van der Waals surface area contributed by atoms with Gasteiger partial charge in [0.25, 0.3) is 0 Å². The largest absolute Gasteiger partial charge is 0.464 e. The second kappa shape index (κ2) is 11.3. The molecule has 1 aliphatic rings. The number of rotatable bonds is 2. The molecule has 0 saturated carbocycles. The van der Waals surface area contributed by atoms with Crippen molar-refractivity contribution in [1.29, 1.82) is 0 Å². The minimum absolute atomic E-state index is 0.216. The van der Waals surface area contributed by atoms with E-state index in [1.54, 1.807) is 27.7 Å². The van der Waals surface area contributed by atoms with E-state index >= 15 is 0 Å². The quantitative estimate of drug-likeness (QED) is 0.792. The van der Waals surface area contributed by atoms with Crippen molar-refractivity contribution >= 4 is 12.1 Å². The topological polar surface area (TPSA) is 81.9 Å². The first-order chi connectivity index (χ1) is 10.2. The zero-order valence-electron chi connectivity index (χ0n) is 15.4. The van der Waals surface area contributed by atoms with Gasteiger partial charge in [-0.3, -0.25) is 4.90 Å². The van der Waals surface area contributed by atoms with Gasteiger partial charge in [-0.15, -0.1) is 0 Å². The zero-order valence-corrected chi connectivity index (χ0v) is 15.4. The number of likely N-dealkylation sites (tertiary alicyclic amines) is 1. The maximum atomic E-state index is 12.0. The third-order valence-electron chi connectivity index (χ3n) is 2.52. The van der Waals surface area contributed by atoms with Gasteiger partial charge in [0, 0.05) is 12.6 Å². The molecule has 0 radical (unpaired) electrons. The van der Waals surface area contributed by atoms with Gasteiger partial charge in [-0.25, -0.2) is 9.59 Å². The molecule has 1 amide bonds. The molecule has 0 aromatic carbocycles. The van der Waals surface area contributed by atoms with Crippen LogP contribution in [-0.4, -0.2) is 47.8 Å². The van der Waals surface area contributed by atoms with Crippen LogP contribution in [0.25, 0.3) is 0 Å². The summed E-state index contributed by atoms with van der Waals surface area (Å²) in [6, 6.07) is -0.846. The molecule has 6 nitrogen and oxygen atoms in total. The monoisotopic (exact) mass is 318 g/mol. The first-order valence-electron chi connectivity index (χ1n) is 8.16. The highest BCUT2D eigenvalue weighted by atomic mass is 16.6. The number of hydrogen-bond acceptors (Lipinski definition) is 5. The minimum atomic E-state index is -0.630. The lowest BCUT2D eigenvalue weighted by Crippen LogP contribution is -2.44. The number of carbonyl (C=O) groups excluding carboxylic acids is 2. The van der Waals surface area contributed by atoms with E-state index in [1.165, 1.54) is 4.90 Å². The average Bonchev–Trinajstić information content (AvgIpc) is 2.84. The summed E-state index contributed by atoms with van der Waals surface area (Å²) in [5, 5.41) is 0. The highest BCUT2D eigenvalue weighted by Gasteiger charge is 2.41. The standard InChI is InChI=1S/C12H22N2O4.2C2H6/c1-5-17-10(15)9-6-8(13)7-14(9)11(16)18-12(2,3)4;2*1-2/h8-9H,5-7,13H2,1-4H3;2*1-2H3. The summed E-state index contributed by atoms with van der Waals surface area (Å²) in [7, 11) is 0. The molecule has 6 heteroatoms. The van der Waals surface area contributed by atoms with Crippen molar-refractivity contribution in [2.24, 2.45) is 5.73 Å². The summed E-state index contributed by atoms with van der Waals surface area (Å²) in [6.07, 6.45) is -0.105. The van der Waals surface area contributed by atoms with Gasteiger partial charge in [-0.2, -0.15) is 0 Å². The Morgan fingerprint density at radius 3 is 2.09 bits per heavy atom. The first-order valence-corrected chi connectivity index (χ1v) is 8.16. The molecule has 0 aromatic heterocycles. The molecule has 0 aromatic rings. The Labute approximate surface area is 135 Å². The van der Waals surface area contributed by atoms with Gasteiger partial charge in [-0.05, 0) is 34.1 Å². The number of amides is 1. The van der Waals surface area contributed by atoms with Crippen molar-refractivity contribution < 1.29 is 19.1 Å². The van der Waals surface area contributed by atoms with Gasteiger partial charge in [0.15, 0.2) is 0 Å². The van der Waals surface area contributed by atoms with Gasteiger partial charge in [0.2, 0.25) is 0 Å². The molecule has 2 N–H and O–H groups in total. The fourth-order valence-corrected chi connectivity index (χ4v) is 1.85. The summed E-state index contributed by atoms with van der Waals surface area (Å²) in [5.74, 6) is -0.420. The van der Waals surface area contributed by atoms with E-state index in [0.717, 1.165) is 0 Å². The number of nitrogens with zero attached hydrogens (tertiary/aromatic N) is 1. The third kappa shape index (κ3) is 8.22. The zero-order chi connectivity index (χ0) is 17.9. The van der Waals surface area contributed by atoms with Crippen LogP contribution in [0.15, 0.2) is 0 Å². The van der Waals surface area contributed by atoms with E-state index in [2.05, 4.69) is 0 Å². The minimum Gasteiger partial charge on any atom is -0.464 e. The Hall–Kier alpha value is -1.30. The molecule has 2 unspecified atom stereocenters. The van der Waals surface area contributed by atoms with Crippen molar-refractivity contribution in [2.45, 2.75) is 79.5 Å². The lowest BCUT2D eigenvalue weighted by molar-refractivity contribution is -0.148. The summed E-state index contributed by atoms with van der Waals surface area (Å²) < 4.78 is 10.2. The smallest absolute Gasteiger partial charge is 0.411 e. The number of esters is 1. The van der Waals surface area contributed by atoms with Gasteiger partial charge in [0.05, 0.1) is 6.61 Å². The molecule has 0 aliphatic carbocycles. The third-order valence-corrected chi connectivity index (χ3v) is 2.52. The summed E-state index contributed by atoms with van der Waals surface area (Å²) in [6.45, 7) is 15.7. The molecule has 1 saturated heterocycles. The molecule has 132 valence electrons. The lowest BCUT2D eigenvalue weighted by Gasteiger charge is -2.27. The summed E-state index contributed by atoms with van der Waals surface area (Å²) >= 11 is 0. The summed E-state index contributed by atoms with van der Waals surface area (Å²) in [4.78, 5) is 25.1. The van der Waals surface area contributed by atoms with E-state index in [9.17, 15) is 9.59 Å². The Morgan fingerprint density at radius 1 is 1.18 bits per heavy atom. The van der Waals surface area contributed by atoms with Crippen molar-refractivity contribution in [3.8, 4) is 0 Å². The van der Waals surface area contributed by atoms with Crippen LogP contribution in [0.3, 0.4) is 0 Å². The molecule has 22 heavy (non-hydrogen) atoms. The van der Waals surface area contributed by atoms with Crippen molar-refractivity contribution in [3.63, 3.8) is 0 Å². The Bertz CT molecular complexity index is 327. The van der Waals surface area contributed by atoms with E-state index in [0.29, 0.717) is 13.0 Å². The van der Waals surface area contributed by atoms with Gasteiger partial charge in [0.1, 0.15) is 11.6 Å². The first kappa shape index (κ1) is 23.0. The van der Waals surface area contributed by atoms with E-state index < -0.39 is 23.7 Å². The Morgan fingerprint density at radius 2 is 1.68 bits per heavy atom. The molecule has 1 heterocycles. The van der Waals surface area contributed by atoms with Crippen LogP contribution < -0.4 is 5.73 Å². The van der Waals surface area contributed by atoms with Crippen LogP contribution >= 0.6 is 0 Å². The van der Waals surface area contributed by atoms with E-state index in [-0.39, 0.29) is 12.6 Å². The maximum Gasteiger partial charge on any atom is 0.411 e. The number of carbonyl (C=O) groups is 2. The second-order valence-electron chi connectivity index (χ2n) is 5.40. The average molecular weight is 318 g/mol. The molecule has 1 rings (SSSR count). The van der Waals surface area contributed by atoms with E-state index in [1.807, 2.05) is 27.7 Å². The molecule has 2 atom stereocenters. The summed E-state index contributed by atoms with van der Waals surface area (Å²) in [5.41, 5.74) is 5.20. The number of hydrogen-bond donors (Lipinski definition) is 1. The fraction of sp³-hybridized carbons (Fsp3) is 0.875. The van der Waals surface area contributed by atoms with Crippen molar-refractivity contribution in [3.05, 3.63) is 0 Å². The Kier molecular flexibility index (Phi) is 11.8. The predicted molar refractivity (Wildman–Crippen MR) is 88.6 cm³/mol. The second-order valence-corrected chi connectivity index (χ2v) is 5.40. The van der Waals surface area contributed by atoms with Gasteiger partial charge >= 0.3 is 12.1 Å². The number of nitrogens with two attached hydrogens (primary N) is 1. The molecular formula is C16H34N2O4. The van der Waals surface area contributed by atoms with Gasteiger partial charge in [-0.1, -0.05) is 27.7 Å². The highest BCUT2D eigenvalue weighted by molar-refractivity contribution is 5.82. The molecule has 0 bridgehead atoms. The maximum absolute atomic E-state index is 12.0. The van der Waals surface area contributed by atoms with Crippen LogP contribution in [0.2, 0.25) is 0 Å².